The minimum Gasteiger partial charge on any atom is -0.309 e. The van der Waals surface area contributed by atoms with Crippen LogP contribution < -0.4 is 15.9 Å². The maximum absolute atomic E-state index is 15.6. The van der Waals surface area contributed by atoms with E-state index in [1.54, 1.807) is 0 Å². The highest BCUT2D eigenvalue weighted by Gasteiger charge is 2.30. The Bertz CT molecular complexity index is 2470. The van der Waals surface area contributed by atoms with Crippen molar-refractivity contribution in [3.8, 4) is 0 Å². The summed E-state index contributed by atoms with van der Waals surface area (Å²) in [6.07, 6.45) is 0. The van der Waals surface area contributed by atoms with Crippen LogP contribution in [0.25, 0.3) is 64.6 Å². The number of benzene rings is 9. The van der Waals surface area contributed by atoms with Gasteiger partial charge in [0.2, 0.25) is 0 Å². The van der Waals surface area contributed by atoms with Gasteiger partial charge in [-0.1, -0.05) is 127 Å². The summed E-state index contributed by atoms with van der Waals surface area (Å²) in [4.78, 5) is 0. The van der Waals surface area contributed by atoms with Crippen molar-refractivity contribution >= 4 is 87.7 Å². The van der Waals surface area contributed by atoms with Crippen molar-refractivity contribution < 1.29 is 4.57 Å². The van der Waals surface area contributed by atoms with Crippen molar-refractivity contribution in [2.24, 2.45) is 0 Å². The monoisotopic (exact) mass is 578 g/mol. The van der Waals surface area contributed by atoms with Gasteiger partial charge in [-0.05, 0) is 101 Å². The van der Waals surface area contributed by atoms with Crippen molar-refractivity contribution in [2.75, 3.05) is 0 Å². The lowest BCUT2D eigenvalue weighted by Gasteiger charge is -2.21. The minimum absolute atomic E-state index is 0.845. The van der Waals surface area contributed by atoms with Gasteiger partial charge >= 0.3 is 0 Å². The molecule has 0 fully saturated rings. The Kier molecular flexibility index (Phi) is 5.54. The fraction of sp³-hybridized carbons (Fsp3) is 0. The molecule has 0 N–H and O–H groups in total. The summed E-state index contributed by atoms with van der Waals surface area (Å²) in [6.45, 7) is 0. The van der Waals surface area contributed by atoms with Gasteiger partial charge in [0.1, 0.15) is 0 Å². The van der Waals surface area contributed by atoms with E-state index in [0.29, 0.717) is 0 Å². The van der Waals surface area contributed by atoms with Crippen LogP contribution in [-0.2, 0) is 4.57 Å². The number of fused-ring (bicyclic) bond motifs is 8. The highest BCUT2D eigenvalue weighted by Crippen LogP contribution is 2.44. The first-order valence-corrected chi connectivity index (χ1v) is 16.7. The first-order chi connectivity index (χ1) is 21.6. The summed E-state index contributed by atoms with van der Waals surface area (Å²) in [6, 6.07) is 57.5. The van der Waals surface area contributed by atoms with Crippen molar-refractivity contribution in [1.29, 1.82) is 0 Å². The van der Waals surface area contributed by atoms with E-state index in [1.165, 1.54) is 53.9 Å². The molecule has 44 heavy (non-hydrogen) atoms. The molecule has 0 aliphatic carbocycles. The SMILES string of the molecule is O=P(c1ccccc1)(c1ccc2c(ccc3cc4ccccc4cc32)c1)c1ccc2c(ccc3cc4ccccc4cc32)c1. The van der Waals surface area contributed by atoms with Gasteiger partial charge in [0.25, 0.3) is 0 Å². The first-order valence-electron chi connectivity index (χ1n) is 15.0. The van der Waals surface area contributed by atoms with Gasteiger partial charge in [-0.2, -0.15) is 0 Å². The third-order valence-electron chi connectivity index (χ3n) is 9.22. The molecule has 0 amide bonds. The Hall–Kier alpha value is -5.23. The zero-order chi connectivity index (χ0) is 29.3. The lowest BCUT2D eigenvalue weighted by atomic mass is 9.98. The number of hydrogen-bond donors (Lipinski definition) is 0. The normalized spacial score (nSPS) is 12.2. The largest absolute Gasteiger partial charge is 0.309 e. The standard InChI is InChI=1S/C42H27OP/c43-44(36-12-2-1-3-13-36,37-18-20-39-34(24-37)16-14-32-22-28-8-4-6-10-30(28)26-41(32)39)38-19-21-40-35(25-38)17-15-33-23-29-9-5-7-11-31(29)27-42(33)40/h1-27H. The van der Waals surface area contributed by atoms with E-state index in [-0.39, 0.29) is 0 Å². The fourth-order valence-corrected chi connectivity index (χ4v) is 9.66. The lowest BCUT2D eigenvalue weighted by molar-refractivity contribution is 0.592. The van der Waals surface area contributed by atoms with Crippen molar-refractivity contribution in [2.45, 2.75) is 0 Å². The zero-order valence-corrected chi connectivity index (χ0v) is 24.8. The van der Waals surface area contributed by atoms with Crippen LogP contribution in [-0.4, -0.2) is 0 Å². The lowest BCUT2D eigenvalue weighted by Crippen LogP contribution is -2.25. The van der Waals surface area contributed by atoms with Crippen LogP contribution in [0.4, 0.5) is 0 Å². The van der Waals surface area contributed by atoms with Crippen LogP contribution in [0.5, 0.6) is 0 Å². The molecule has 0 saturated carbocycles. The molecule has 0 atom stereocenters. The van der Waals surface area contributed by atoms with E-state index in [9.17, 15) is 0 Å². The van der Waals surface area contributed by atoms with Crippen LogP contribution in [0.15, 0.2) is 164 Å². The Morgan fingerprint density at radius 1 is 0.273 bits per heavy atom. The van der Waals surface area contributed by atoms with Gasteiger partial charge in [0.05, 0.1) is 0 Å². The average molecular weight is 579 g/mol. The molecule has 2 heteroatoms. The fourth-order valence-electron chi connectivity index (χ4n) is 6.96. The molecule has 0 radical (unpaired) electrons. The summed E-state index contributed by atoms with van der Waals surface area (Å²) in [5.74, 6) is 0. The molecule has 206 valence electrons. The molecule has 0 heterocycles. The quantitative estimate of drug-likeness (QED) is 0.116. The highest BCUT2D eigenvalue weighted by molar-refractivity contribution is 7.85. The summed E-state index contributed by atoms with van der Waals surface area (Å²) in [5.41, 5.74) is 0. The number of hydrogen-bond acceptors (Lipinski definition) is 1. The molecule has 9 aromatic rings. The second-order valence-corrected chi connectivity index (χ2v) is 14.5. The summed E-state index contributed by atoms with van der Waals surface area (Å²) < 4.78 is 15.6. The van der Waals surface area contributed by atoms with E-state index < -0.39 is 7.14 Å². The Labute approximate surface area is 255 Å². The maximum Gasteiger partial charge on any atom is 0.171 e. The van der Waals surface area contributed by atoms with E-state index in [4.69, 9.17) is 0 Å². The van der Waals surface area contributed by atoms with Crippen molar-refractivity contribution in [1.82, 2.24) is 0 Å². The van der Waals surface area contributed by atoms with Crippen LogP contribution in [0.1, 0.15) is 0 Å². The van der Waals surface area contributed by atoms with Gasteiger partial charge in [0, 0.05) is 15.9 Å². The molecule has 0 aromatic heterocycles. The van der Waals surface area contributed by atoms with E-state index in [2.05, 4.69) is 133 Å². The van der Waals surface area contributed by atoms with Crippen molar-refractivity contribution in [3.05, 3.63) is 164 Å². The van der Waals surface area contributed by atoms with Crippen LogP contribution in [0.2, 0.25) is 0 Å². The Morgan fingerprint density at radius 3 is 1.11 bits per heavy atom. The third kappa shape index (κ3) is 3.83. The van der Waals surface area contributed by atoms with E-state index >= 15 is 4.57 Å². The molecule has 0 bridgehead atoms. The number of rotatable bonds is 3. The minimum atomic E-state index is -3.18. The Morgan fingerprint density at radius 2 is 0.659 bits per heavy atom. The zero-order valence-electron chi connectivity index (χ0n) is 23.9. The second-order valence-electron chi connectivity index (χ2n) is 11.7. The maximum atomic E-state index is 15.6. The molecular formula is C42H27OP. The van der Waals surface area contributed by atoms with E-state index in [0.717, 1.165) is 26.7 Å². The molecule has 0 spiro atoms. The van der Waals surface area contributed by atoms with Crippen LogP contribution in [0.3, 0.4) is 0 Å². The third-order valence-corrected chi connectivity index (χ3v) is 12.3. The average Bonchev–Trinajstić information content (AvgIpc) is 3.09. The van der Waals surface area contributed by atoms with Gasteiger partial charge in [0.15, 0.2) is 7.14 Å². The predicted octanol–water partition coefficient (Wildman–Crippen LogP) is 10.2. The molecule has 1 nitrogen and oxygen atoms in total. The molecule has 9 rings (SSSR count). The van der Waals surface area contributed by atoms with Crippen LogP contribution in [0, 0.1) is 0 Å². The predicted molar refractivity (Wildman–Crippen MR) is 191 cm³/mol. The highest BCUT2D eigenvalue weighted by atomic mass is 31.2. The molecule has 0 unspecified atom stereocenters. The van der Waals surface area contributed by atoms with Gasteiger partial charge in [-0.25, -0.2) is 0 Å². The molecule has 0 aliphatic rings. The van der Waals surface area contributed by atoms with Crippen molar-refractivity contribution in [3.63, 3.8) is 0 Å². The molecule has 9 aromatic carbocycles. The van der Waals surface area contributed by atoms with Crippen LogP contribution >= 0.6 is 7.14 Å². The van der Waals surface area contributed by atoms with Gasteiger partial charge < -0.3 is 4.57 Å². The smallest absolute Gasteiger partial charge is 0.171 e. The molecule has 0 saturated heterocycles. The molecule has 0 aliphatic heterocycles. The summed E-state index contributed by atoms with van der Waals surface area (Å²) in [7, 11) is -3.18. The first kappa shape index (κ1) is 25.3. The Balaban J connectivity index is 1.26. The second kappa shape index (κ2) is 9.64. The van der Waals surface area contributed by atoms with Gasteiger partial charge in [-0.3, -0.25) is 0 Å². The molecular weight excluding hydrogens is 551 g/mol. The topological polar surface area (TPSA) is 17.1 Å². The van der Waals surface area contributed by atoms with E-state index in [1.807, 2.05) is 30.3 Å². The van der Waals surface area contributed by atoms with Gasteiger partial charge in [-0.15, -0.1) is 0 Å². The summed E-state index contributed by atoms with van der Waals surface area (Å²) >= 11 is 0. The summed E-state index contributed by atoms with van der Waals surface area (Å²) in [5, 5.41) is 16.9.